The number of carboxylic acids is 1. The number of carboxylic acid groups (broad SMARTS) is 1. The number of nitrogens with zero attached hydrogens (tertiary/aromatic N) is 2. The van der Waals surface area contributed by atoms with Crippen LogP contribution in [0, 0.1) is 5.92 Å². The van der Waals surface area contributed by atoms with E-state index >= 15 is 0 Å². The van der Waals surface area contributed by atoms with Gasteiger partial charge in [-0.25, -0.2) is 0 Å². The first-order valence-electron chi connectivity index (χ1n) is 7.65. The molecule has 1 saturated heterocycles. The first kappa shape index (κ1) is 15.3. The Morgan fingerprint density at radius 3 is 2.40 bits per heavy atom. The van der Waals surface area contributed by atoms with Gasteiger partial charge in [0.05, 0.1) is 6.04 Å². The van der Waals surface area contributed by atoms with E-state index in [4.69, 9.17) is 0 Å². The van der Waals surface area contributed by atoms with Crippen molar-refractivity contribution >= 4 is 11.9 Å². The minimum absolute atomic E-state index is 0.00229. The summed E-state index contributed by atoms with van der Waals surface area (Å²) < 4.78 is 0. The van der Waals surface area contributed by atoms with Gasteiger partial charge in [0.2, 0.25) is 5.91 Å². The molecule has 1 aliphatic carbocycles. The largest absolute Gasteiger partial charge is 0.480 e. The molecule has 0 bridgehead atoms. The van der Waals surface area contributed by atoms with E-state index in [9.17, 15) is 14.7 Å². The summed E-state index contributed by atoms with van der Waals surface area (Å²) in [5, 5.41) is 9.50. The van der Waals surface area contributed by atoms with Gasteiger partial charge in [-0.2, -0.15) is 0 Å². The van der Waals surface area contributed by atoms with Crippen LogP contribution in [-0.2, 0) is 9.59 Å². The maximum absolute atomic E-state index is 12.3. The van der Waals surface area contributed by atoms with Crippen LogP contribution in [0.4, 0.5) is 0 Å². The molecule has 0 spiro atoms. The number of fused-ring (bicyclic) bond motifs is 1. The number of carbonyl (C=O) groups excluding carboxylic acids is 1. The van der Waals surface area contributed by atoms with Crippen molar-refractivity contribution in [1.82, 2.24) is 9.80 Å². The number of hydrogen-bond acceptors (Lipinski definition) is 3. The van der Waals surface area contributed by atoms with Gasteiger partial charge in [0.25, 0.3) is 0 Å². The van der Waals surface area contributed by atoms with Gasteiger partial charge >= 0.3 is 5.97 Å². The Labute approximate surface area is 120 Å². The van der Waals surface area contributed by atoms with Crippen molar-refractivity contribution < 1.29 is 14.7 Å². The van der Waals surface area contributed by atoms with Crippen LogP contribution in [0.15, 0.2) is 0 Å². The Bertz CT molecular complexity index is 383. The van der Waals surface area contributed by atoms with E-state index in [1.165, 1.54) is 12.8 Å². The third-order valence-corrected chi connectivity index (χ3v) is 4.95. The topological polar surface area (TPSA) is 60.9 Å². The second-order valence-electron chi connectivity index (χ2n) is 6.40. The molecule has 20 heavy (non-hydrogen) atoms. The molecule has 0 aromatic rings. The molecule has 0 radical (unpaired) electrons. The van der Waals surface area contributed by atoms with Crippen molar-refractivity contribution in [2.75, 3.05) is 14.1 Å². The number of hydrogen-bond donors (Lipinski definition) is 1. The van der Waals surface area contributed by atoms with E-state index in [2.05, 4.69) is 0 Å². The normalized spacial score (nSPS) is 32.2. The van der Waals surface area contributed by atoms with Crippen molar-refractivity contribution in [3.63, 3.8) is 0 Å². The van der Waals surface area contributed by atoms with E-state index in [1.807, 2.05) is 11.8 Å². The highest BCUT2D eigenvalue weighted by Crippen LogP contribution is 2.39. The van der Waals surface area contributed by atoms with Crippen molar-refractivity contribution in [2.24, 2.45) is 5.92 Å². The van der Waals surface area contributed by atoms with Crippen LogP contribution < -0.4 is 0 Å². The van der Waals surface area contributed by atoms with Gasteiger partial charge in [-0.05, 0) is 38.5 Å². The molecule has 1 N–H and O–H groups in total. The number of likely N-dealkylation sites (tertiary alicyclic amines) is 1. The van der Waals surface area contributed by atoms with Gasteiger partial charge in [0.1, 0.15) is 6.04 Å². The number of aliphatic carboxylic acids is 1. The molecule has 1 amide bonds. The number of piperidine rings is 1. The summed E-state index contributed by atoms with van der Waals surface area (Å²) in [5.74, 6) is -0.216. The van der Waals surface area contributed by atoms with Crippen LogP contribution in [0.25, 0.3) is 0 Å². The molecule has 1 heterocycles. The summed E-state index contributed by atoms with van der Waals surface area (Å²) in [6.07, 6.45) is 6.24. The molecule has 5 heteroatoms. The lowest BCUT2D eigenvalue weighted by atomic mass is 9.75. The van der Waals surface area contributed by atoms with Crippen LogP contribution in [0.2, 0.25) is 0 Å². The maximum Gasteiger partial charge on any atom is 0.320 e. The minimum atomic E-state index is -0.785. The molecule has 2 fully saturated rings. The number of amides is 1. The highest BCUT2D eigenvalue weighted by Gasteiger charge is 2.45. The average Bonchev–Trinajstić information content (AvgIpc) is 2.44. The lowest BCUT2D eigenvalue weighted by molar-refractivity contribution is -0.154. The smallest absolute Gasteiger partial charge is 0.320 e. The van der Waals surface area contributed by atoms with Crippen LogP contribution >= 0.6 is 0 Å². The van der Waals surface area contributed by atoms with Gasteiger partial charge in [-0.3, -0.25) is 14.5 Å². The zero-order chi connectivity index (χ0) is 14.9. The maximum atomic E-state index is 12.3. The lowest BCUT2D eigenvalue weighted by Crippen LogP contribution is -2.61. The van der Waals surface area contributed by atoms with Crippen molar-refractivity contribution in [1.29, 1.82) is 0 Å². The van der Waals surface area contributed by atoms with E-state index in [0.717, 1.165) is 19.3 Å². The van der Waals surface area contributed by atoms with Crippen LogP contribution in [0.5, 0.6) is 0 Å². The van der Waals surface area contributed by atoms with Crippen LogP contribution in [0.3, 0.4) is 0 Å². The molecule has 114 valence electrons. The Balaban J connectivity index is 2.25. The van der Waals surface area contributed by atoms with Gasteiger partial charge in [0, 0.05) is 20.1 Å². The molecular formula is C15H26N2O3. The monoisotopic (exact) mass is 282 g/mol. The molecule has 5 nitrogen and oxygen atoms in total. The van der Waals surface area contributed by atoms with Crippen molar-refractivity contribution in [3.8, 4) is 0 Å². The van der Waals surface area contributed by atoms with E-state index < -0.39 is 12.0 Å². The summed E-state index contributed by atoms with van der Waals surface area (Å²) in [7, 11) is 3.47. The third kappa shape index (κ3) is 2.82. The second kappa shape index (κ2) is 6.12. The summed E-state index contributed by atoms with van der Waals surface area (Å²) in [5.41, 5.74) is 0. The number of likely N-dealkylation sites (N-methyl/N-ethyl adjacent to an activating group) is 1. The fourth-order valence-electron chi connectivity index (χ4n) is 3.98. The fraction of sp³-hybridized carbons (Fsp3) is 0.867. The first-order chi connectivity index (χ1) is 9.43. The van der Waals surface area contributed by atoms with Crippen molar-refractivity contribution in [3.05, 3.63) is 0 Å². The highest BCUT2D eigenvalue weighted by molar-refractivity contribution is 5.82. The Morgan fingerprint density at radius 2 is 1.80 bits per heavy atom. The molecule has 4 unspecified atom stereocenters. The standard InChI is InChI=1S/C15H26N2O3/c1-10(14(18)16(2)3)17-12-7-5-4-6-11(12)8-9-13(17)15(19)20/h10-13H,4-9H2,1-3H3,(H,19,20). The zero-order valence-electron chi connectivity index (χ0n) is 12.7. The summed E-state index contributed by atoms with van der Waals surface area (Å²) >= 11 is 0. The predicted molar refractivity (Wildman–Crippen MR) is 76.4 cm³/mol. The van der Waals surface area contributed by atoms with Gasteiger partial charge in [-0.1, -0.05) is 12.8 Å². The molecule has 0 aromatic carbocycles. The zero-order valence-corrected chi connectivity index (χ0v) is 12.7. The Morgan fingerprint density at radius 1 is 1.15 bits per heavy atom. The summed E-state index contributed by atoms with van der Waals surface area (Å²) in [4.78, 5) is 27.4. The summed E-state index contributed by atoms with van der Waals surface area (Å²) in [6.45, 7) is 1.86. The SMILES string of the molecule is CC(C(=O)N(C)C)N1C(C(=O)O)CCC2CCCCC21. The highest BCUT2D eigenvalue weighted by atomic mass is 16.4. The molecule has 1 saturated carbocycles. The fourth-order valence-corrected chi connectivity index (χ4v) is 3.98. The Hall–Kier alpha value is -1.10. The molecule has 4 atom stereocenters. The summed E-state index contributed by atoms with van der Waals surface area (Å²) in [6, 6.07) is -0.595. The quantitative estimate of drug-likeness (QED) is 0.853. The second-order valence-corrected chi connectivity index (χ2v) is 6.40. The number of carbonyl (C=O) groups is 2. The Kier molecular flexibility index (Phi) is 4.68. The van der Waals surface area contributed by atoms with E-state index in [-0.39, 0.29) is 18.0 Å². The van der Waals surface area contributed by atoms with Gasteiger partial charge < -0.3 is 10.0 Å². The molecule has 1 aliphatic heterocycles. The van der Waals surface area contributed by atoms with E-state index in [0.29, 0.717) is 12.3 Å². The van der Waals surface area contributed by atoms with Gasteiger partial charge in [0.15, 0.2) is 0 Å². The predicted octanol–water partition coefficient (Wildman–Crippen LogP) is 1.57. The molecule has 2 aliphatic rings. The van der Waals surface area contributed by atoms with Crippen LogP contribution in [-0.4, -0.2) is 59.0 Å². The molecular weight excluding hydrogens is 256 g/mol. The van der Waals surface area contributed by atoms with Crippen molar-refractivity contribution in [2.45, 2.75) is 63.6 Å². The molecule has 2 rings (SSSR count). The van der Waals surface area contributed by atoms with Crippen LogP contribution in [0.1, 0.15) is 45.4 Å². The minimum Gasteiger partial charge on any atom is -0.480 e. The lowest BCUT2D eigenvalue weighted by Gasteiger charge is -2.49. The average molecular weight is 282 g/mol. The van der Waals surface area contributed by atoms with Gasteiger partial charge in [-0.15, -0.1) is 0 Å². The number of rotatable bonds is 3. The van der Waals surface area contributed by atoms with E-state index in [1.54, 1.807) is 19.0 Å². The third-order valence-electron chi connectivity index (χ3n) is 4.95. The first-order valence-corrected chi connectivity index (χ1v) is 7.65. The molecule has 0 aromatic heterocycles.